The lowest BCUT2D eigenvalue weighted by Gasteiger charge is -2.22. The molecule has 118 valence electrons. The number of carbonyl (C=O) groups is 2. The quantitative estimate of drug-likeness (QED) is 0.787. The second kappa shape index (κ2) is 5.28. The van der Waals surface area contributed by atoms with E-state index in [9.17, 15) is 9.59 Å². The molecule has 2 aliphatic rings. The van der Waals surface area contributed by atoms with E-state index in [1.54, 1.807) is 5.06 Å². The van der Waals surface area contributed by atoms with E-state index in [-0.39, 0.29) is 23.5 Å². The van der Waals surface area contributed by atoms with Gasteiger partial charge in [0.2, 0.25) is 0 Å². The van der Waals surface area contributed by atoms with E-state index in [0.29, 0.717) is 0 Å². The van der Waals surface area contributed by atoms with Gasteiger partial charge in [-0.15, -0.1) is 0 Å². The molecule has 4 atom stereocenters. The molecule has 1 heterocycles. The summed E-state index contributed by atoms with van der Waals surface area (Å²) in [5.74, 6) is -1.03. The van der Waals surface area contributed by atoms with E-state index in [1.807, 2.05) is 46.9 Å². The van der Waals surface area contributed by atoms with E-state index in [2.05, 4.69) is 0 Å². The first-order valence-corrected chi connectivity index (χ1v) is 7.91. The number of benzene rings is 1. The molecular formula is C18H23NO3. The van der Waals surface area contributed by atoms with Crippen molar-refractivity contribution < 1.29 is 14.4 Å². The zero-order chi connectivity index (χ0) is 16.2. The van der Waals surface area contributed by atoms with Crippen LogP contribution in [-0.2, 0) is 14.4 Å². The number of fused-ring (bicyclic) bond motifs is 1. The molecule has 4 heteroatoms. The number of nitrogens with zero attached hydrogens (tertiary/aromatic N) is 1. The Labute approximate surface area is 131 Å². The highest BCUT2D eigenvalue weighted by atomic mass is 16.7. The van der Waals surface area contributed by atoms with Crippen LogP contribution in [0.25, 0.3) is 0 Å². The standard InChI is InChI=1S/C18H23NO3/c1-6-12-14-16(20)15(17(21)18(14)22-19(12)5)13-10(3)7-9(2)8-11(13)4/h7-8,12,14-15,18H,6H2,1-5H3. The second-order valence-electron chi connectivity index (χ2n) is 6.62. The smallest absolute Gasteiger partial charge is 0.179 e. The van der Waals surface area contributed by atoms with Crippen molar-refractivity contribution in [3.63, 3.8) is 0 Å². The summed E-state index contributed by atoms with van der Waals surface area (Å²) in [4.78, 5) is 31.5. The van der Waals surface area contributed by atoms with Crippen molar-refractivity contribution in [2.45, 2.75) is 52.2 Å². The number of aryl methyl sites for hydroxylation is 3. The van der Waals surface area contributed by atoms with Gasteiger partial charge in [-0.1, -0.05) is 24.6 Å². The lowest BCUT2D eigenvalue weighted by molar-refractivity contribution is -0.161. The fraction of sp³-hybridized carbons (Fsp3) is 0.556. The minimum absolute atomic E-state index is 0.00230. The molecule has 0 radical (unpaired) electrons. The number of rotatable bonds is 2. The Morgan fingerprint density at radius 1 is 1.09 bits per heavy atom. The van der Waals surface area contributed by atoms with Crippen LogP contribution >= 0.6 is 0 Å². The molecule has 22 heavy (non-hydrogen) atoms. The van der Waals surface area contributed by atoms with Gasteiger partial charge in [0.15, 0.2) is 11.6 Å². The maximum Gasteiger partial charge on any atom is 0.179 e. The molecule has 1 aromatic rings. The predicted octanol–water partition coefficient (Wildman–Crippen LogP) is 2.49. The van der Waals surface area contributed by atoms with Crippen LogP contribution in [0.4, 0.5) is 0 Å². The maximum atomic E-state index is 13.0. The lowest BCUT2D eigenvalue weighted by Crippen LogP contribution is -2.33. The van der Waals surface area contributed by atoms with Gasteiger partial charge in [0.1, 0.15) is 12.0 Å². The van der Waals surface area contributed by atoms with Gasteiger partial charge in [-0.25, -0.2) is 0 Å². The topological polar surface area (TPSA) is 46.6 Å². The Kier molecular flexibility index (Phi) is 3.69. The predicted molar refractivity (Wildman–Crippen MR) is 83.6 cm³/mol. The van der Waals surface area contributed by atoms with Gasteiger partial charge in [0.05, 0.1) is 5.92 Å². The van der Waals surface area contributed by atoms with E-state index >= 15 is 0 Å². The normalized spacial score (nSPS) is 31.9. The zero-order valence-electron chi connectivity index (χ0n) is 13.8. The van der Waals surface area contributed by atoms with Crippen LogP contribution in [0.2, 0.25) is 0 Å². The van der Waals surface area contributed by atoms with E-state index in [1.165, 1.54) is 0 Å². The van der Waals surface area contributed by atoms with Crippen LogP contribution in [0.1, 0.15) is 41.5 Å². The van der Waals surface area contributed by atoms with Crippen molar-refractivity contribution >= 4 is 11.6 Å². The Morgan fingerprint density at radius 3 is 2.23 bits per heavy atom. The van der Waals surface area contributed by atoms with Crippen molar-refractivity contribution in [3.8, 4) is 0 Å². The summed E-state index contributed by atoms with van der Waals surface area (Å²) in [5.41, 5.74) is 4.08. The van der Waals surface area contributed by atoms with E-state index < -0.39 is 12.0 Å². The zero-order valence-corrected chi connectivity index (χ0v) is 13.8. The van der Waals surface area contributed by atoms with Gasteiger partial charge in [0, 0.05) is 13.1 Å². The lowest BCUT2D eigenvalue weighted by atomic mass is 9.85. The van der Waals surface area contributed by atoms with Gasteiger partial charge in [-0.05, 0) is 43.9 Å². The molecule has 1 saturated carbocycles. The molecule has 0 N–H and O–H groups in total. The number of Topliss-reactive ketones (excluding diaryl/α,β-unsaturated/α-hetero) is 2. The molecule has 1 saturated heterocycles. The van der Waals surface area contributed by atoms with Gasteiger partial charge in [-0.2, -0.15) is 5.06 Å². The van der Waals surface area contributed by atoms with Gasteiger partial charge in [0.25, 0.3) is 0 Å². The Morgan fingerprint density at radius 2 is 1.68 bits per heavy atom. The summed E-state index contributed by atoms with van der Waals surface area (Å²) in [6.45, 7) is 8.02. The first kappa shape index (κ1) is 15.4. The molecule has 0 spiro atoms. The van der Waals surface area contributed by atoms with Gasteiger partial charge < -0.3 is 0 Å². The largest absolute Gasteiger partial charge is 0.298 e. The van der Waals surface area contributed by atoms with Crippen molar-refractivity contribution in [2.24, 2.45) is 5.92 Å². The fourth-order valence-electron chi connectivity index (χ4n) is 4.26. The Hall–Kier alpha value is -1.52. The van der Waals surface area contributed by atoms with Crippen LogP contribution in [-0.4, -0.2) is 35.8 Å². The highest BCUT2D eigenvalue weighted by molar-refractivity contribution is 6.18. The third-order valence-corrected chi connectivity index (χ3v) is 5.11. The summed E-state index contributed by atoms with van der Waals surface area (Å²) in [5, 5.41) is 1.69. The molecular weight excluding hydrogens is 278 g/mol. The van der Waals surface area contributed by atoms with Crippen LogP contribution < -0.4 is 0 Å². The van der Waals surface area contributed by atoms with Crippen LogP contribution in [0.15, 0.2) is 12.1 Å². The second-order valence-corrected chi connectivity index (χ2v) is 6.62. The number of ketones is 2. The number of hydroxylamine groups is 2. The van der Waals surface area contributed by atoms with Crippen molar-refractivity contribution in [1.82, 2.24) is 5.06 Å². The van der Waals surface area contributed by atoms with E-state index in [4.69, 9.17) is 4.84 Å². The summed E-state index contributed by atoms with van der Waals surface area (Å²) in [6.07, 6.45) is 0.197. The third-order valence-electron chi connectivity index (χ3n) is 5.11. The highest BCUT2D eigenvalue weighted by Gasteiger charge is 2.59. The van der Waals surface area contributed by atoms with Crippen LogP contribution in [0.5, 0.6) is 0 Å². The van der Waals surface area contributed by atoms with Crippen molar-refractivity contribution in [3.05, 3.63) is 34.4 Å². The summed E-state index contributed by atoms with van der Waals surface area (Å²) >= 11 is 0. The molecule has 0 bridgehead atoms. The average molecular weight is 301 g/mol. The van der Waals surface area contributed by atoms with Crippen molar-refractivity contribution in [1.29, 1.82) is 0 Å². The third kappa shape index (κ3) is 2.05. The Balaban J connectivity index is 2.05. The molecule has 2 fully saturated rings. The fourth-order valence-corrected chi connectivity index (χ4v) is 4.26. The first-order valence-electron chi connectivity index (χ1n) is 7.91. The number of carbonyl (C=O) groups excluding carboxylic acids is 2. The number of hydrogen-bond donors (Lipinski definition) is 0. The highest BCUT2D eigenvalue weighted by Crippen LogP contribution is 2.44. The molecule has 1 aromatic carbocycles. The molecule has 4 nitrogen and oxygen atoms in total. The molecule has 0 aromatic heterocycles. The minimum Gasteiger partial charge on any atom is -0.298 e. The van der Waals surface area contributed by atoms with Crippen LogP contribution in [0.3, 0.4) is 0 Å². The number of hydrogen-bond acceptors (Lipinski definition) is 4. The molecule has 3 rings (SSSR count). The molecule has 0 amide bonds. The van der Waals surface area contributed by atoms with E-state index in [0.717, 1.165) is 28.7 Å². The van der Waals surface area contributed by atoms with Gasteiger partial charge in [-0.3, -0.25) is 14.4 Å². The molecule has 1 aliphatic carbocycles. The van der Waals surface area contributed by atoms with Crippen LogP contribution in [0, 0.1) is 26.7 Å². The first-order chi connectivity index (χ1) is 10.4. The molecule has 1 aliphatic heterocycles. The molecule has 4 unspecified atom stereocenters. The maximum absolute atomic E-state index is 13.0. The Bertz CT molecular complexity index is 629. The van der Waals surface area contributed by atoms with Gasteiger partial charge >= 0.3 is 0 Å². The van der Waals surface area contributed by atoms with Crippen molar-refractivity contribution in [2.75, 3.05) is 7.05 Å². The summed E-state index contributed by atoms with van der Waals surface area (Å²) < 4.78 is 0. The average Bonchev–Trinajstić information content (AvgIpc) is 2.87. The summed E-state index contributed by atoms with van der Waals surface area (Å²) in [6, 6.07) is 4.08. The minimum atomic E-state index is -0.654. The summed E-state index contributed by atoms with van der Waals surface area (Å²) in [7, 11) is 1.81. The SMILES string of the molecule is CCC1C2C(=O)C(c3c(C)cc(C)cc3C)C(=O)C2ON1C. The monoisotopic (exact) mass is 301 g/mol.